The van der Waals surface area contributed by atoms with E-state index >= 15 is 0 Å². The molecule has 4 nitrogen and oxygen atoms in total. The summed E-state index contributed by atoms with van der Waals surface area (Å²) in [5, 5.41) is 4.41. The average Bonchev–Trinajstić information content (AvgIpc) is 3.92. The van der Waals surface area contributed by atoms with Crippen molar-refractivity contribution in [2.24, 2.45) is 0 Å². The summed E-state index contributed by atoms with van der Waals surface area (Å²) in [4.78, 5) is 16.2. The highest BCUT2D eigenvalue weighted by Gasteiger charge is 2.46. The van der Waals surface area contributed by atoms with Crippen molar-refractivity contribution in [3.63, 3.8) is 0 Å². The summed E-state index contributed by atoms with van der Waals surface area (Å²) in [5.74, 6) is 1.75. The van der Waals surface area contributed by atoms with Crippen LogP contribution in [0, 0.1) is 0 Å². The molecule has 0 saturated carbocycles. The lowest BCUT2D eigenvalue weighted by molar-refractivity contribution is 0.669. The van der Waals surface area contributed by atoms with E-state index in [-0.39, 0.29) is 0 Å². The Hall–Kier alpha value is -8.73. The van der Waals surface area contributed by atoms with Crippen LogP contribution in [-0.4, -0.2) is 15.0 Å². The van der Waals surface area contributed by atoms with Gasteiger partial charge in [0.15, 0.2) is 17.5 Å². The van der Waals surface area contributed by atoms with Gasteiger partial charge in [0.05, 0.1) is 5.41 Å². The van der Waals surface area contributed by atoms with Crippen LogP contribution in [0.1, 0.15) is 22.3 Å². The number of furan rings is 1. The van der Waals surface area contributed by atoms with Crippen LogP contribution in [0.4, 0.5) is 0 Å². The molecule has 13 rings (SSSR count). The van der Waals surface area contributed by atoms with Gasteiger partial charge in [-0.1, -0.05) is 206 Å². The minimum atomic E-state index is -0.576. The molecule has 308 valence electrons. The van der Waals surface area contributed by atoms with Crippen molar-refractivity contribution in [1.29, 1.82) is 0 Å². The van der Waals surface area contributed by atoms with Crippen LogP contribution in [0.3, 0.4) is 0 Å². The molecule has 0 saturated heterocycles. The Bertz CT molecular complexity index is 3760. The lowest BCUT2D eigenvalue weighted by Crippen LogP contribution is -2.28. The molecule has 0 bridgehead atoms. The Morgan fingerprint density at radius 3 is 1.64 bits per heavy atom. The van der Waals surface area contributed by atoms with Crippen molar-refractivity contribution < 1.29 is 4.42 Å². The average molecular weight is 842 g/mol. The minimum absolute atomic E-state index is 0.573. The third-order valence-electron chi connectivity index (χ3n) is 13.4. The zero-order chi connectivity index (χ0) is 43.6. The van der Waals surface area contributed by atoms with E-state index < -0.39 is 5.41 Å². The summed E-state index contributed by atoms with van der Waals surface area (Å²) in [5.41, 5.74) is 15.4. The predicted octanol–water partition coefficient (Wildman–Crippen LogP) is 15.6. The van der Waals surface area contributed by atoms with Crippen LogP contribution in [0.2, 0.25) is 0 Å². The second kappa shape index (κ2) is 15.2. The Morgan fingerprint density at radius 1 is 0.303 bits per heavy atom. The lowest BCUT2D eigenvalue weighted by Gasteiger charge is -2.34. The molecule has 1 aliphatic carbocycles. The summed E-state index contributed by atoms with van der Waals surface area (Å²) < 4.78 is 6.61. The molecule has 12 aromatic rings. The van der Waals surface area contributed by atoms with Gasteiger partial charge in [0.1, 0.15) is 11.2 Å². The Morgan fingerprint density at radius 2 is 0.864 bits per heavy atom. The predicted molar refractivity (Wildman–Crippen MR) is 269 cm³/mol. The van der Waals surface area contributed by atoms with Gasteiger partial charge in [0.25, 0.3) is 0 Å². The number of rotatable bonds is 7. The molecular weight excluding hydrogens is 803 g/mol. The van der Waals surface area contributed by atoms with Gasteiger partial charge in [0.2, 0.25) is 0 Å². The van der Waals surface area contributed by atoms with Gasteiger partial charge in [-0.05, 0) is 96.7 Å². The minimum Gasteiger partial charge on any atom is -0.456 e. The largest absolute Gasteiger partial charge is 0.456 e. The maximum atomic E-state index is 6.61. The Balaban J connectivity index is 1.05. The van der Waals surface area contributed by atoms with Crippen molar-refractivity contribution in [3.05, 3.63) is 259 Å². The van der Waals surface area contributed by atoms with Crippen LogP contribution in [0.5, 0.6) is 0 Å². The second-order valence-corrected chi connectivity index (χ2v) is 17.1. The molecule has 0 aliphatic heterocycles. The first-order valence-corrected chi connectivity index (χ1v) is 22.4. The fourth-order valence-electron chi connectivity index (χ4n) is 10.3. The van der Waals surface area contributed by atoms with E-state index in [1.54, 1.807) is 0 Å². The standard InChI is InChI=1S/C62H39N3O/c1-4-16-40(17-5-1)47-37-53(58-52-25-13-15-27-56(52)66-57(58)39-47)61-64-59(43-31-28-42(29-32-43)45-33-30-41-18-10-11-19-44(41)36-45)63-60(65-61)46-34-35-51-50-24-12-14-26-54(50)62(55(51)38-46,48-20-6-2-7-21-48)49-22-8-3-9-23-49/h1-39H. The number of benzene rings is 10. The molecule has 0 unspecified atom stereocenters. The van der Waals surface area contributed by atoms with E-state index in [1.807, 2.05) is 18.2 Å². The van der Waals surface area contributed by atoms with Crippen LogP contribution < -0.4 is 0 Å². The van der Waals surface area contributed by atoms with Gasteiger partial charge in [-0.2, -0.15) is 0 Å². The molecule has 0 spiro atoms. The van der Waals surface area contributed by atoms with E-state index in [0.29, 0.717) is 17.5 Å². The van der Waals surface area contributed by atoms with Crippen molar-refractivity contribution in [1.82, 2.24) is 15.0 Å². The normalized spacial score (nSPS) is 12.7. The van der Waals surface area contributed by atoms with Crippen molar-refractivity contribution in [2.45, 2.75) is 5.41 Å². The van der Waals surface area contributed by atoms with Crippen LogP contribution in [0.25, 0.3) is 100 Å². The summed E-state index contributed by atoms with van der Waals surface area (Å²) in [6.45, 7) is 0. The smallest absolute Gasteiger partial charge is 0.164 e. The van der Waals surface area contributed by atoms with Gasteiger partial charge < -0.3 is 4.42 Å². The number of para-hydroxylation sites is 1. The van der Waals surface area contributed by atoms with Crippen molar-refractivity contribution >= 4 is 32.7 Å². The fourth-order valence-corrected chi connectivity index (χ4v) is 10.3. The molecule has 4 heteroatoms. The SMILES string of the molecule is c1ccc(-c2cc(-c3nc(-c4ccc(-c5ccc6ccccc6c5)cc4)nc(-c4ccc5c(c4)C(c4ccccc4)(c4ccccc4)c4ccccc4-5)n3)c3c(c2)oc2ccccc23)cc1. The number of nitrogens with zero attached hydrogens (tertiary/aromatic N) is 3. The molecule has 2 aromatic heterocycles. The molecule has 10 aromatic carbocycles. The molecule has 0 atom stereocenters. The van der Waals surface area contributed by atoms with Gasteiger partial charge in [-0.15, -0.1) is 0 Å². The van der Waals surface area contributed by atoms with Gasteiger partial charge in [0, 0.05) is 27.5 Å². The Kier molecular flexibility index (Phi) is 8.72. The maximum Gasteiger partial charge on any atom is 0.164 e. The summed E-state index contributed by atoms with van der Waals surface area (Å²) in [6, 6.07) is 84.1. The summed E-state index contributed by atoms with van der Waals surface area (Å²) in [6.07, 6.45) is 0. The molecule has 0 radical (unpaired) electrons. The van der Waals surface area contributed by atoms with Gasteiger partial charge >= 0.3 is 0 Å². The number of hydrogen-bond acceptors (Lipinski definition) is 4. The fraction of sp³-hybridized carbons (Fsp3) is 0.0161. The first-order valence-electron chi connectivity index (χ1n) is 22.4. The van der Waals surface area contributed by atoms with E-state index in [1.165, 1.54) is 44.2 Å². The number of hydrogen-bond donors (Lipinski definition) is 0. The third-order valence-corrected chi connectivity index (χ3v) is 13.4. The summed E-state index contributed by atoms with van der Waals surface area (Å²) in [7, 11) is 0. The topological polar surface area (TPSA) is 51.8 Å². The second-order valence-electron chi connectivity index (χ2n) is 17.1. The van der Waals surface area contributed by atoms with Crippen LogP contribution >= 0.6 is 0 Å². The highest BCUT2D eigenvalue weighted by Crippen LogP contribution is 2.56. The van der Waals surface area contributed by atoms with Crippen LogP contribution in [-0.2, 0) is 5.41 Å². The monoisotopic (exact) mass is 841 g/mol. The van der Waals surface area contributed by atoms with E-state index in [0.717, 1.165) is 60.9 Å². The molecule has 1 aliphatic rings. The van der Waals surface area contributed by atoms with Crippen molar-refractivity contribution in [2.75, 3.05) is 0 Å². The molecule has 0 fully saturated rings. The molecule has 0 N–H and O–H groups in total. The first-order chi connectivity index (χ1) is 32.7. The maximum absolute atomic E-state index is 6.61. The lowest BCUT2D eigenvalue weighted by atomic mass is 9.67. The first kappa shape index (κ1) is 37.8. The molecule has 66 heavy (non-hydrogen) atoms. The zero-order valence-electron chi connectivity index (χ0n) is 35.8. The molecule has 0 amide bonds. The number of aromatic nitrogens is 3. The summed E-state index contributed by atoms with van der Waals surface area (Å²) >= 11 is 0. The van der Waals surface area contributed by atoms with Gasteiger partial charge in [-0.3, -0.25) is 0 Å². The third kappa shape index (κ3) is 6.03. The van der Waals surface area contributed by atoms with Crippen LogP contribution in [0.15, 0.2) is 241 Å². The van der Waals surface area contributed by atoms with Crippen molar-refractivity contribution in [3.8, 4) is 67.5 Å². The number of fused-ring (bicyclic) bond motifs is 7. The zero-order valence-corrected chi connectivity index (χ0v) is 35.8. The quantitative estimate of drug-likeness (QED) is 0.160. The molecule has 2 heterocycles. The molecular formula is C62H39N3O. The van der Waals surface area contributed by atoms with E-state index in [4.69, 9.17) is 19.4 Å². The van der Waals surface area contributed by atoms with E-state index in [2.05, 4.69) is 218 Å². The highest BCUT2D eigenvalue weighted by atomic mass is 16.3. The van der Waals surface area contributed by atoms with Gasteiger partial charge in [-0.25, -0.2) is 15.0 Å². The van der Waals surface area contributed by atoms with E-state index in [9.17, 15) is 0 Å². The highest BCUT2D eigenvalue weighted by molar-refractivity contribution is 6.13. The Labute approximate surface area is 382 Å².